The van der Waals surface area contributed by atoms with Crippen molar-refractivity contribution in [1.29, 1.82) is 0 Å². The maximum absolute atomic E-state index is 14.5. The Balaban J connectivity index is 1.22. The summed E-state index contributed by atoms with van der Waals surface area (Å²) in [5, 5.41) is 10.8. The van der Waals surface area contributed by atoms with E-state index in [1.807, 2.05) is 29.2 Å². The molecule has 1 aromatic heterocycles. The number of phenols is 1. The van der Waals surface area contributed by atoms with Gasteiger partial charge in [0.25, 0.3) is 0 Å². The lowest BCUT2D eigenvalue weighted by Gasteiger charge is -2.29. The summed E-state index contributed by atoms with van der Waals surface area (Å²) in [4.78, 5) is 13.3. The lowest BCUT2D eigenvalue weighted by Crippen LogP contribution is -2.30. The summed E-state index contributed by atoms with van der Waals surface area (Å²) in [6.07, 6.45) is 2.40. The first-order chi connectivity index (χ1) is 19.9. The van der Waals surface area contributed by atoms with Crippen LogP contribution in [0.3, 0.4) is 0 Å². The van der Waals surface area contributed by atoms with E-state index in [0.29, 0.717) is 28.8 Å². The summed E-state index contributed by atoms with van der Waals surface area (Å²) in [6, 6.07) is 26.6. The van der Waals surface area contributed by atoms with Crippen LogP contribution in [0.1, 0.15) is 52.9 Å². The topological polar surface area (TPSA) is 55.4 Å². The zero-order valence-electron chi connectivity index (χ0n) is 22.8. The van der Waals surface area contributed by atoms with Crippen molar-refractivity contribution in [1.82, 2.24) is 19.8 Å². The third kappa shape index (κ3) is 4.79. The van der Waals surface area contributed by atoms with Gasteiger partial charge in [0.15, 0.2) is 0 Å². The molecular weight excluding hydrogens is 531 g/mol. The van der Waals surface area contributed by atoms with E-state index in [-0.39, 0.29) is 5.75 Å². The fraction of sp³-hybridized carbons (Fsp3) is 0.235. The average Bonchev–Trinajstić information content (AvgIpc) is 3.56. The van der Waals surface area contributed by atoms with Crippen LogP contribution in [0, 0.1) is 5.82 Å². The Labute approximate surface area is 244 Å². The second-order valence-corrected chi connectivity index (χ2v) is 11.6. The van der Waals surface area contributed by atoms with Gasteiger partial charge in [0.2, 0.25) is 0 Å². The van der Waals surface area contributed by atoms with Crippen LogP contribution in [-0.4, -0.2) is 50.0 Å². The van der Waals surface area contributed by atoms with E-state index in [1.165, 1.54) is 36.6 Å². The number of aromatic nitrogens is 2. The Morgan fingerprint density at radius 2 is 1.71 bits per heavy atom. The highest BCUT2D eigenvalue weighted by Crippen LogP contribution is 2.40. The highest BCUT2D eigenvalue weighted by molar-refractivity contribution is 7.80. The lowest BCUT2D eigenvalue weighted by atomic mass is 9.88. The molecule has 0 radical (unpaired) electrons. The van der Waals surface area contributed by atoms with Crippen LogP contribution in [0.15, 0.2) is 84.9 Å². The van der Waals surface area contributed by atoms with Gasteiger partial charge in [-0.15, -0.1) is 0 Å². The first-order valence-corrected chi connectivity index (χ1v) is 14.5. The molecule has 5 nitrogen and oxygen atoms in total. The third-order valence-electron chi connectivity index (χ3n) is 8.64. The molecule has 2 aliphatic heterocycles. The number of para-hydroxylation sites is 2. The first-order valence-electron chi connectivity index (χ1n) is 14.1. The summed E-state index contributed by atoms with van der Waals surface area (Å²) in [5.74, 6) is 0.802. The molecule has 1 saturated heterocycles. The molecule has 41 heavy (non-hydrogen) atoms. The van der Waals surface area contributed by atoms with Crippen LogP contribution < -0.4 is 0 Å². The Hall–Kier alpha value is -4.07. The molecule has 0 saturated carbocycles. The maximum atomic E-state index is 14.5. The van der Waals surface area contributed by atoms with Crippen molar-refractivity contribution in [2.24, 2.45) is 0 Å². The van der Waals surface area contributed by atoms with Crippen molar-refractivity contribution in [3.8, 4) is 16.9 Å². The Bertz CT molecular complexity index is 1720. The number of aromatic hydroxyl groups is 1. The molecule has 1 atom stereocenters. The summed E-state index contributed by atoms with van der Waals surface area (Å²) >= 11 is 6.06. The minimum absolute atomic E-state index is 0.000928. The van der Waals surface area contributed by atoms with E-state index < -0.39 is 11.9 Å². The number of nitrogens with one attached hydrogen (secondary N) is 1. The Kier molecular flexibility index (Phi) is 6.56. The van der Waals surface area contributed by atoms with Gasteiger partial charge in [-0.25, -0.2) is 9.37 Å². The molecule has 7 heteroatoms. The predicted molar refractivity (Wildman–Crippen MR) is 165 cm³/mol. The molecule has 1 unspecified atom stereocenters. The molecule has 206 valence electrons. The van der Waals surface area contributed by atoms with E-state index in [1.54, 1.807) is 0 Å². The molecule has 2 N–H and O–H groups in total. The fourth-order valence-corrected chi connectivity index (χ4v) is 6.67. The van der Waals surface area contributed by atoms with Gasteiger partial charge in [-0.05, 0) is 97.5 Å². The lowest BCUT2D eigenvalue weighted by molar-refractivity contribution is 0.255. The third-order valence-corrected chi connectivity index (χ3v) is 9.09. The number of hydrogen-bond acceptors (Lipinski definition) is 4. The number of nitrogens with zero attached hydrogens (tertiary/aromatic N) is 3. The maximum Gasteiger partial charge on any atom is 0.134 e. The number of fused-ring (bicyclic) bond motifs is 2. The van der Waals surface area contributed by atoms with Crippen molar-refractivity contribution < 1.29 is 9.50 Å². The number of hydrogen-bond donors (Lipinski definition) is 2. The van der Waals surface area contributed by atoms with E-state index in [0.717, 1.165) is 46.4 Å². The molecule has 4 aromatic carbocycles. The van der Waals surface area contributed by atoms with Crippen molar-refractivity contribution >= 4 is 28.2 Å². The van der Waals surface area contributed by atoms with Crippen molar-refractivity contribution in [3.05, 3.63) is 119 Å². The number of phenolic OH excluding ortho intramolecular Hbond substituents is 1. The van der Waals surface area contributed by atoms with Crippen LogP contribution in [-0.2, 0) is 6.54 Å². The Morgan fingerprint density at radius 1 is 0.951 bits per heavy atom. The molecule has 0 spiro atoms. The van der Waals surface area contributed by atoms with Crippen molar-refractivity contribution in [2.45, 2.75) is 31.3 Å². The quantitative estimate of drug-likeness (QED) is 0.223. The highest BCUT2D eigenvalue weighted by atomic mass is 32.1. The number of likely N-dealkylation sites (tertiary alicyclic amines) is 1. The van der Waals surface area contributed by atoms with Gasteiger partial charge in [0.1, 0.15) is 28.4 Å². The number of imidazole rings is 1. The van der Waals surface area contributed by atoms with Gasteiger partial charge < -0.3 is 19.9 Å². The minimum atomic E-state index is -0.588. The number of piperidine rings is 1. The normalized spacial score (nSPS) is 16.8. The highest BCUT2D eigenvalue weighted by Gasteiger charge is 2.35. The summed E-state index contributed by atoms with van der Waals surface area (Å²) in [5.41, 5.74) is 7.85. The van der Waals surface area contributed by atoms with E-state index in [2.05, 4.69) is 59.4 Å². The average molecular weight is 563 g/mol. The van der Waals surface area contributed by atoms with Gasteiger partial charge in [0.05, 0.1) is 11.0 Å². The molecular formula is C34H31FN4OS. The minimum Gasteiger partial charge on any atom is -0.508 e. The van der Waals surface area contributed by atoms with Gasteiger partial charge in [-0.2, -0.15) is 0 Å². The molecule has 0 bridgehead atoms. The largest absolute Gasteiger partial charge is 0.508 e. The smallest absolute Gasteiger partial charge is 0.134 e. The van der Waals surface area contributed by atoms with E-state index >= 15 is 0 Å². The van der Waals surface area contributed by atoms with Gasteiger partial charge in [-0.1, -0.05) is 60.7 Å². The monoisotopic (exact) mass is 562 g/mol. The molecule has 3 heterocycles. The fourth-order valence-electron chi connectivity index (χ4n) is 6.31. The van der Waals surface area contributed by atoms with E-state index in [9.17, 15) is 9.50 Å². The molecule has 1 fully saturated rings. The molecule has 0 amide bonds. The number of thiocarbonyl (C=S) groups is 1. The standard InChI is InChI=1S/C34H31FN4OS/c1-38-16-14-23(15-17-38)21-6-8-22(9-7-21)24-10-11-25-20-39(34(41)27(25)18-24)32(28-19-26(35)12-13-31(28)40)33-36-29-4-2-3-5-30(29)37-33/h2-13,18-19,23,32,40H,14-17,20H2,1H3,(H,36,37). The van der Waals surface area contributed by atoms with Crippen LogP contribution in [0.2, 0.25) is 0 Å². The summed E-state index contributed by atoms with van der Waals surface area (Å²) in [6.45, 7) is 2.82. The van der Waals surface area contributed by atoms with Crippen LogP contribution in [0.25, 0.3) is 22.2 Å². The zero-order chi connectivity index (χ0) is 28.1. The summed E-state index contributed by atoms with van der Waals surface area (Å²) in [7, 11) is 2.19. The van der Waals surface area contributed by atoms with Crippen molar-refractivity contribution in [2.75, 3.05) is 20.1 Å². The van der Waals surface area contributed by atoms with Crippen molar-refractivity contribution in [3.63, 3.8) is 0 Å². The van der Waals surface area contributed by atoms with Gasteiger partial charge >= 0.3 is 0 Å². The number of H-pyrrole nitrogens is 1. The molecule has 0 aliphatic carbocycles. The van der Waals surface area contributed by atoms with E-state index in [4.69, 9.17) is 17.2 Å². The van der Waals surface area contributed by atoms with Crippen LogP contribution >= 0.6 is 12.2 Å². The molecule has 7 rings (SSSR count). The summed E-state index contributed by atoms with van der Waals surface area (Å²) < 4.78 is 14.5. The van der Waals surface area contributed by atoms with Gasteiger partial charge in [-0.3, -0.25) is 0 Å². The second-order valence-electron chi connectivity index (χ2n) is 11.2. The predicted octanol–water partition coefficient (Wildman–Crippen LogP) is 7.16. The number of benzene rings is 4. The molecule has 5 aromatic rings. The first kappa shape index (κ1) is 25.9. The second kappa shape index (κ2) is 10.4. The number of aromatic amines is 1. The zero-order valence-corrected chi connectivity index (χ0v) is 23.7. The van der Waals surface area contributed by atoms with Crippen LogP contribution in [0.5, 0.6) is 5.75 Å². The number of halogens is 1. The Morgan fingerprint density at radius 3 is 2.49 bits per heavy atom. The van der Waals surface area contributed by atoms with Crippen LogP contribution in [0.4, 0.5) is 4.39 Å². The number of rotatable bonds is 5. The molecule has 2 aliphatic rings. The SMILES string of the molecule is CN1CCC(c2ccc(-c3ccc4c(c3)C(=S)N(C(c3nc5ccccc5[nH]3)c3cc(F)ccc3O)C4)cc2)CC1. The van der Waals surface area contributed by atoms with Gasteiger partial charge in [0, 0.05) is 17.7 Å².